The predicted octanol–water partition coefficient (Wildman–Crippen LogP) is 1.01. The average Bonchev–Trinajstić information content (AvgIpc) is 3.21. The Morgan fingerprint density at radius 2 is 2.12 bits per heavy atom. The van der Waals surface area contributed by atoms with Gasteiger partial charge in [0.2, 0.25) is 5.89 Å². The van der Waals surface area contributed by atoms with Gasteiger partial charge in [0, 0.05) is 39.1 Å². The summed E-state index contributed by atoms with van der Waals surface area (Å²) in [5.41, 5.74) is 6.71. The maximum Gasteiger partial charge on any atom is 0.277 e. The van der Waals surface area contributed by atoms with E-state index in [0.29, 0.717) is 11.4 Å². The van der Waals surface area contributed by atoms with Gasteiger partial charge in [-0.05, 0) is 12.1 Å². The molecule has 0 bridgehead atoms. The molecule has 3 aromatic heterocycles. The van der Waals surface area contributed by atoms with Crippen LogP contribution in [-0.2, 0) is 7.05 Å². The Bertz CT molecular complexity index is 974. The minimum atomic E-state index is -0.525. The minimum Gasteiger partial charge on any atom is -0.444 e. The third-order valence-corrected chi connectivity index (χ3v) is 3.45. The second kappa shape index (κ2) is 6.67. The number of carbonyl (C=O) groups is 2. The van der Waals surface area contributed by atoms with Gasteiger partial charge in [0.15, 0.2) is 11.4 Å². The van der Waals surface area contributed by atoms with Gasteiger partial charge in [-0.25, -0.2) is 9.97 Å². The van der Waals surface area contributed by atoms with Crippen LogP contribution in [-0.4, -0.2) is 50.6 Å². The van der Waals surface area contributed by atoms with Crippen molar-refractivity contribution in [2.75, 3.05) is 25.1 Å². The third-order valence-electron chi connectivity index (χ3n) is 3.45. The lowest BCUT2D eigenvalue weighted by molar-refractivity contribution is 0.0822. The molecule has 0 aliphatic carbocycles. The minimum absolute atomic E-state index is 0.0579. The fourth-order valence-electron chi connectivity index (χ4n) is 2.23. The van der Waals surface area contributed by atoms with Crippen LogP contribution in [0.15, 0.2) is 35.2 Å². The number of pyridine rings is 1. The summed E-state index contributed by atoms with van der Waals surface area (Å²) in [6.07, 6.45) is 4.29. The molecular weight excluding hydrogens is 338 g/mol. The van der Waals surface area contributed by atoms with E-state index >= 15 is 0 Å². The summed E-state index contributed by atoms with van der Waals surface area (Å²) < 4.78 is 6.78. The van der Waals surface area contributed by atoms with Crippen LogP contribution in [0.2, 0.25) is 0 Å². The van der Waals surface area contributed by atoms with Crippen molar-refractivity contribution in [1.29, 1.82) is 0 Å². The van der Waals surface area contributed by atoms with Crippen molar-refractivity contribution in [1.82, 2.24) is 24.6 Å². The second-order valence-electron chi connectivity index (χ2n) is 5.73. The number of nitrogens with zero attached hydrogens (tertiary/aromatic N) is 5. The number of nitrogens with one attached hydrogen (secondary N) is 1. The van der Waals surface area contributed by atoms with Crippen LogP contribution in [0.4, 0.5) is 11.5 Å². The van der Waals surface area contributed by atoms with Gasteiger partial charge in [0.25, 0.3) is 11.8 Å². The second-order valence-corrected chi connectivity index (χ2v) is 5.73. The van der Waals surface area contributed by atoms with Crippen LogP contribution in [0.5, 0.6) is 0 Å². The van der Waals surface area contributed by atoms with E-state index in [9.17, 15) is 9.59 Å². The van der Waals surface area contributed by atoms with Crippen molar-refractivity contribution in [2.45, 2.75) is 0 Å². The number of aryl methyl sites for hydroxylation is 1. The average molecular weight is 355 g/mol. The zero-order valence-corrected chi connectivity index (χ0v) is 14.4. The van der Waals surface area contributed by atoms with E-state index in [1.54, 1.807) is 39.5 Å². The quantitative estimate of drug-likeness (QED) is 0.713. The number of rotatable bonds is 4. The first-order valence-electron chi connectivity index (χ1n) is 7.59. The van der Waals surface area contributed by atoms with Gasteiger partial charge >= 0.3 is 0 Å². The van der Waals surface area contributed by atoms with Crippen molar-refractivity contribution >= 4 is 23.3 Å². The molecular formula is C16H17N7O3. The smallest absolute Gasteiger partial charge is 0.277 e. The molecule has 3 aromatic rings. The molecule has 0 saturated carbocycles. The van der Waals surface area contributed by atoms with Crippen LogP contribution in [0.1, 0.15) is 21.0 Å². The standard InChI is InChI=1S/C16H17N7O3/c1-22(2)16(25)13-10(7-23(3)21-13)19-14(24)11-8-26-15(20-11)9-4-5-18-12(17)6-9/h4-8H,1-3H3,(H2,17,18)(H,19,24). The van der Waals surface area contributed by atoms with Crippen molar-refractivity contribution in [2.24, 2.45) is 7.05 Å². The van der Waals surface area contributed by atoms with Crippen LogP contribution < -0.4 is 11.1 Å². The summed E-state index contributed by atoms with van der Waals surface area (Å²) in [6.45, 7) is 0. The fourth-order valence-corrected chi connectivity index (χ4v) is 2.23. The first-order valence-corrected chi connectivity index (χ1v) is 7.59. The first-order chi connectivity index (χ1) is 12.3. The van der Waals surface area contributed by atoms with Gasteiger partial charge in [-0.1, -0.05) is 0 Å². The first kappa shape index (κ1) is 17.1. The van der Waals surface area contributed by atoms with Crippen LogP contribution in [0, 0.1) is 0 Å². The lowest BCUT2D eigenvalue weighted by Crippen LogP contribution is -2.24. The summed E-state index contributed by atoms with van der Waals surface area (Å²) >= 11 is 0. The monoisotopic (exact) mass is 355 g/mol. The summed E-state index contributed by atoms with van der Waals surface area (Å²) in [5.74, 6) is -0.300. The van der Waals surface area contributed by atoms with Crippen molar-refractivity contribution < 1.29 is 14.0 Å². The Labute approximate surface area is 148 Å². The molecule has 0 aliphatic heterocycles. The van der Waals surface area contributed by atoms with E-state index in [1.807, 2.05) is 0 Å². The van der Waals surface area contributed by atoms with Gasteiger partial charge in [-0.3, -0.25) is 14.3 Å². The zero-order valence-electron chi connectivity index (χ0n) is 14.4. The molecule has 0 fully saturated rings. The van der Waals surface area contributed by atoms with Gasteiger partial charge in [-0.2, -0.15) is 5.10 Å². The number of aromatic nitrogens is 4. The van der Waals surface area contributed by atoms with Gasteiger partial charge in [-0.15, -0.1) is 0 Å². The lowest BCUT2D eigenvalue weighted by atomic mass is 10.2. The molecule has 10 heteroatoms. The molecule has 26 heavy (non-hydrogen) atoms. The van der Waals surface area contributed by atoms with Crippen LogP contribution in [0.3, 0.4) is 0 Å². The molecule has 0 aliphatic rings. The highest BCUT2D eigenvalue weighted by atomic mass is 16.3. The Morgan fingerprint density at radius 1 is 1.35 bits per heavy atom. The summed E-state index contributed by atoms with van der Waals surface area (Å²) in [5, 5.41) is 6.72. The predicted molar refractivity (Wildman–Crippen MR) is 93.3 cm³/mol. The number of carbonyl (C=O) groups excluding carboxylic acids is 2. The van der Waals surface area contributed by atoms with Crippen molar-refractivity contribution in [3.8, 4) is 11.5 Å². The topological polar surface area (TPSA) is 132 Å². The normalized spacial score (nSPS) is 10.6. The molecule has 0 radical (unpaired) electrons. The van der Waals surface area contributed by atoms with E-state index in [1.165, 1.54) is 22.0 Å². The number of oxazole rings is 1. The lowest BCUT2D eigenvalue weighted by Gasteiger charge is -2.09. The SMILES string of the molecule is CN(C)C(=O)c1nn(C)cc1NC(=O)c1coc(-c2ccnc(N)c2)n1. The van der Waals surface area contributed by atoms with Gasteiger partial charge in [0.1, 0.15) is 12.1 Å². The van der Waals surface area contributed by atoms with E-state index in [4.69, 9.17) is 10.2 Å². The highest BCUT2D eigenvalue weighted by Crippen LogP contribution is 2.21. The van der Waals surface area contributed by atoms with Gasteiger partial charge < -0.3 is 20.4 Å². The molecule has 0 saturated heterocycles. The number of hydrogen-bond acceptors (Lipinski definition) is 7. The van der Waals surface area contributed by atoms with Crippen LogP contribution in [0.25, 0.3) is 11.5 Å². The molecule has 0 spiro atoms. The van der Waals surface area contributed by atoms with Crippen LogP contribution >= 0.6 is 0 Å². The molecule has 10 nitrogen and oxygen atoms in total. The Kier molecular flexibility index (Phi) is 4.40. The Balaban J connectivity index is 1.83. The molecule has 3 N–H and O–H groups in total. The zero-order chi connectivity index (χ0) is 18.8. The molecule has 0 atom stereocenters. The maximum atomic E-state index is 12.4. The fraction of sp³-hybridized carbons (Fsp3) is 0.188. The van der Waals surface area contributed by atoms with E-state index < -0.39 is 5.91 Å². The highest BCUT2D eigenvalue weighted by molar-refractivity contribution is 6.07. The summed E-state index contributed by atoms with van der Waals surface area (Å²) in [4.78, 5) is 34.0. The van der Waals surface area contributed by atoms with Gasteiger partial charge in [0.05, 0.1) is 5.69 Å². The molecule has 0 aromatic carbocycles. The largest absolute Gasteiger partial charge is 0.444 e. The molecule has 2 amide bonds. The van der Waals surface area contributed by atoms with Crippen molar-refractivity contribution in [3.63, 3.8) is 0 Å². The summed E-state index contributed by atoms with van der Waals surface area (Å²) in [6, 6.07) is 3.25. The third kappa shape index (κ3) is 3.38. The molecule has 134 valence electrons. The molecule has 3 heterocycles. The number of nitrogen functional groups attached to an aromatic ring is 1. The Morgan fingerprint density at radius 3 is 2.81 bits per heavy atom. The number of anilines is 2. The van der Waals surface area contributed by atoms with E-state index in [-0.39, 0.29) is 28.9 Å². The van der Waals surface area contributed by atoms with E-state index in [0.717, 1.165) is 0 Å². The number of amides is 2. The van der Waals surface area contributed by atoms with E-state index in [2.05, 4.69) is 20.4 Å². The molecule has 0 unspecified atom stereocenters. The Hall–Kier alpha value is -3.69. The highest BCUT2D eigenvalue weighted by Gasteiger charge is 2.21. The number of hydrogen-bond donors (Lipinski definition) is 2. The van der Waals surface area contributed by atoms with Crippen molar-refractivity contribution in [3.05, 3.63) is 42.2 Å². The maximum absolute atomic E-state index is 12.4. The number of nitrogens with two attached hydrogens (primary N) is 1. The summed E-state index contributed by atoms with van der Waals surface area (Å²) in [7, 11) is 4.87. The molecule has 3 rings (SSSR count).